The second-order valence-electron chi connectivity index (χ2n) is 15.4. The number of unbranched alkanes of at least 4 members (excludes halogenated alkanes) is 6. The molecule has 0 bridgehead atoms. The molecule has 5 unspecified atom stereocenters. The largest absolute Gasteiger partial charge is 0.508 e. The average molecular weight is 657 g/mol. The van der Waals surface area contributed by atoms with Gasteiger partial charge in [-0.05, 0) is 122 Å². The van der Waals surface area contributed by atoms with Crippen LogP contribution >= 0.6 is 0 Å². The second-order valence-corrected chi connectivity index (χ2v) is 15.4. The van der Waals surface area contributed by atoms with E-state index in [-0.39, 0.29) is 18.1 Å². The highest BCUT2D eigenvalue weighted by atomic mass is 19.4. The van der Waals surface area contributed by atoms with Crippen molar-refractivity contribution in [3.63, 3.8) is 0 Å². The SMILES string of the molecule is COC(=O)C(CCCCCCCCCC1C2C(CC[C@@]3(C)C2CCC32CC2)c2ccc(O)cc2[C@H]1O)CCCC(F)(F)C(F)(F)F. The maximum atomic E-state index is 13.3. The van der Waals surface area contributed by atoms with E-state index in [1.807, 2.05) is 0 Å². The Labute approximate surface area is 270 Å². The standard InChI is InChI=1S/C37H53F5O4/c1-34-19-16-27-26-15-14-25(43)23-29(26)32(44)28(31(27)30(34)17-20-35(34)21-22-35)13-9-7-5-3-4-6-8-11-24(33(45)46-2)12-10-18-36(38,39)37(40,41)42/h14-15,23-24,27-28,30-32,43-44H,3-13,16-22H2,1-2H3/t24?,27?,28?,30?,31?,32-,34-/m0/s1. The van der Waals surface area contributed by atoms with Gasteiger partial charge >= 0.3 is 18.1 Å². The molecule has 0 aliphatic heterocycles. The van der Waals surface area contributed by atoms with Gasteiger partial charge in [-0.15, -0.1) is 0 Å². The number of halogens is 5. The molecule has 260 valence electrons. The maximum Gasteiger partial charge on any atom is 0.453 e. The number of esters is 1. The summed E-state index contributed by atoms with van der Waals surface area (Å²) in [5.41, 5.74) is 3.08. The Kier molecular flexibility index (Phi) is 10.7. The minimum absolute atomic E-state index is 0.0434. The van der Waals surface area contributed by atoms with Crippen LogP contribution in [0.25, 0.3) is 0 Å². The molecular formula is C37H53F5O4. The maximum absolute atomic E-state index is 13.3. The van der Waals surface area contributed by atoms with Crippen LogP contribution in [0.3, 0.4) is 0 Å². The van der Waals surface area contributed by atoms with Crippen molar-refractivity contribution in [3.05, 3.63) is 29.3 Å². The topological polar surface area (TPSA) is 66.8 Å². The van der Waals surface area contributed by atoms with Crippen LogP contribution in [0.5, 0.6) is 5.75 Å². The zero-order chi connectivity index (χ0) is 33.3. The highest BCUT2D eigenvalue weighted by molar-refractivity contribution is 5.72. The predicted molar refractivity (Wildman–Crippen MR) is 166 cm³/mol. The summed E-state index contributed by atoms with van der Waals surface area (Å²) >= 11 is 0. The summed E-state index contributed by atoms with van der Waals surface area (Å²) < 4.78 is 68.6. The van der Waals surface area contributed by atoms with Crippen LogP contribution in [0, 0.1) is 34.5 Å². The van der Waals surface area contributed by atoms with E-state index in [2.05, 4.69) is 13.0 Å². The molecule has 0 saturated heterocycles. The highest BCUT2D eigenvalue weighted by Gasteiger charge is 2.67. The number of rotatable bonds is 15. The molecule has 4 aliphatic carbocycles. The normalized spacial score (nSPS) is 30.4. The lowest BCUT2D eigenvalue weighted by Gasteiger charge is -2.55. The van der Waals surface area contributed by atoms with Crippen molar-refractivity contribution in [1.29, 1.82) is 0 Å². The third kappa shape index (κ3) is 6.96. The molecule has 7 atom stereocenters. The van der Waals surface area contributed by atoms with Crippen molar-refractivity contribution in [3.8, 4) is 5.75 Å². The first-order chi connectivity index (χ1) is 21.7. The number of fused-ring (bicyclic) bond motifs is 6. The van der Waals surface area contributed by atoms with Crippen molar-refractivity contribution in [1.82, 2.24) is 0 Å². The molecule has 0 heterocycles. The van der Waals surface area contributed by atoms with Gasteiger partial charge in [0.1, 0.15) is 5.75 Å². The summed E-state index contributed by atoms with van der Waals surface area (Å²) in [5, 5.41) is 22.0. The summed E-state index contributed by atoms with van der Waals surface area (Å²) in [6.45, 7) is 2.55. The van der Waals surface area contributed by atoms with Crippen LogP contribution in [0.4, 0.5) is 22.0 Å². The number of aromatic hydroxyl groups is 1. The number of hydrogen-bond donors (Lipinski definition) is 2. The van der Waals surface area contributed by atoms with Crippen LogP contribution in [0.2, 0.25) is 0 Å². The number of hydrogen-bond acceptors (Lipinski definition) is 4. The summed E-state index contributed by atoms with van der Waals surface area (Å²) in [6.07, 6.45) is 7.98. The lowest BCUT2D eigenvalue weighted by molar-refractivity contribution is -0.284. The van der Waals surface area contributed by atoms with Gasteiger partial charge in [0.15, 0.2) is 0 Å². The smallest absolute Gasteiger partial charge is 0.453 e. The summed E-state index contributed by atoms with van der Waals surface area (Å²) in [4.78, 5) is 12.1. The van der Waals surface area contributed by atoms with Gasteiger partial charge in [-0.25, -0.2) is 0 Å². The van der Waals surface area contributed by atoms with E-state index in [0.717, 1.165) is 56.9 Å². The van der Waals surface area contributed by atoms with Crippen LogP contribution in [0.1, 0.15) is 146 Å². The minimum Gasteiger partial charge on any atom is -0.508 e. The third-order valence-electron chi connectivity index (χ3n) is 13.0. The van der Waals surface area contributed by atoms with Crippen molar-refractivity contribution >= 4 is 5.97 Å². The van der Waals surface area contributed by atoms with Gasteiger partial charge < -0.3 is 14.9 Å². The van der Waals surface area contributed by atoms with Gasteiger partial charge in [-0.1, -0.05) is 57.9 Å². The van der Waals surface area contributed by atoms with Gasteiger partial charge in [0.2, 0.25) is 0 Å². The molecule has 2 N–H and O–H groups in total. The van der Waals surface area contributed by atoms with E-state index in [1.54, 1.807) is 12.1 Å². The van der Waals surface area contributed by atoms with Gasteiger partial charge in [0.05, 0.1) is 19.1 Å². The first-order valence-corrected chi connectivity index (χ1v) is 17.8. The molecule has 0 radical (unpaired) electrons. The van der Waals surface area contributed by atoms with Crippen molar-refractivity contribution < 1.29 is 41.7 Å². The Balaban J connectivity index is 1.07. The lowest BCUT2D eigenvalue weighted by atomic mass is 9.50. The molecule has 4 aliphatic rings. The molecule has 4 nitrogen and oxygen atoms in total. The first kappa shape index (κ1) is 35.4. The Morgan fingerprint density at radius 1 is 0.913 bits per heavy atom. The van der Waals surface area contributed by atoms with E-state index < -0.39 is 42.9 Å². The molecule has 0 amide bonds. The molecule has 0 aromatic heterocycles. The van der Waals surface area contributed by atoms with Crippen LogP contribution in [0.15, 0.2) is 18.2 Å². The molecule has 3 fully saturated rings. The number of ether oxygens (including phenoxy) is 1. The van der Waals surface area contributed by atoms with E-state index in [1.165, 1.54) is 44.8 Å². The minimum atomic E-state index is -5.57. The quantitative estimate of drug-likeness (QED) is 0.112. The number of phenols is 1. The van der Waals surface area contributed by atoms with Crippen molar-refractivity contribution in [2.75, 3.05) is 7.11 Å². The lowest BCUT2D eigenvalue weighted by Crippen LogP contribution is -2.47. The zero-order valence-electron chi connectivity index (χ0n) is 27.5. The number of methoxy groups -OCH3 is 1. The van der Waals surface area contributed by atoms with Crippen LogP contribution in [-0.2, 0) is 9.53 Å². The Bertz CT molecular complexity index is 1200. The fourth-order valence-electron chi connectivity index (χ4n) is 10.2. The number of aliphatic hydroxyl groups excluding tert-OH is 1. The summed E-state index contributed by atoms with van der Waals surface area (Å²) in [6, 6.07) is 5.63. The van der Waals surface area contributed by atoms with E-state index in [9.17, 15) is 37.0 Å². The fourth-order valence-corrected chi connectivity index (χ4v) is 10.2. The number of benzene rings is 1. The Morgan fingerprint density at radius 3 is 2.22 bits per heavy atom. The predicted octanol–water partition coefficient (Wildman–Crippen LogP) is 10.4. The molecule has 5 rings (SSSR count). The van der Waals surface area contributed by atoms with Crippen molar-refractivity contribution in [2.45, 2.75) is 147 Å². The first-order valence-electron chi connectivity index (χ1n) is 17.8. The van der Waals surface area contributed by atoms with E-state index >= 15 is 0 Å². The number of alkyl halides is 5. The van der Waals surface area contributed by atoms with Crippen LogP contribution in [-0.4, -0.2) is 35.4 Å². The molecule has 1 aromatic carbocycles. The molecule has 9 heteroatoms. The number of phenolic OH excluding ortho intramolecular Hbond substituents is 1. The Hall–Kier alpha value is -1.90. The number of aliphatic hydroxyl groups is 1. The van der Waals surface area contributed by atoms with Crippen LogP contribution < -0.4 is 0 Å². The molecule has 46 heavy (non-hydrogen) atoms. The summed E-state index contributed by atoms with van der Waals surface area (Å²) in [7, 11) is 1.21. The van der Waals surface area contributed by atoms with E-state index in [4.69, 9.17) is 4.74 Å². The molecule has 1 spiro atoms. The monoisotopic (exact) mass is 656 g/mol. The zero-order valence-corrected chi connectivity index (χ0v) is 27.5. The van der Waals surface area contributed by atoms with Gasteiger partial charge in [-0.2, -0.15) is 22.0 Å². The number of carbonyl (C=O) groups is 1. The summed E-state index contributed by atoms with van der Waals surface area (Å²) in [5.74, 6) is -3.97. The van der Waals surface area contributed by atoms with E-state index in [0.29, 0.717) is 41.4 Å². The van der Waals surface area contributed by atoms with Crippen molar-refractivity contribution in [2.24, 2.45) is 34.5 Å². The number of carbonyl (C=O) groups excluding carboxylic acids is 1. The third-order valence-corrected chi connectivity index (χ3v) is 13.0. The molecular weight excluding hydrogens is 603 g/mol. The van der Waals surface area contributed by atoms with Gasteiger partial charge in [0, 0.05) is 6.42 Å². The molecule has 1 aromatic rings. The Morgan fingerprint density at radius 2 is 1.57 bits per heavy atom. The fraction of sp³-hybridized carbons (Fsp3) is 0.811. The second kappa shape index (κ2) is 13.9. The van der Waals surface area contributed by atoms with Gasteiger partial charge in [-0.3, -0.25) is 4.79 Å². The highest BCUT2D eigenvalue weighted by Crippen LogP contribution is 2.76. The average Bonchev–Trinajstić information content (AvgIpc) is 3.74. The van der Waals surface area contributed by atoms with Gasteiger partial charge in [0.25, 0.3) is 0 Å². The molecule has 3 saturated carbocycles.